The van der Waals surface area contributed by atoms with Gasteiger partial charge in [0.25, 0.3) is 0 Å². The molecule has 0 saturated carbocycles. The van der Waals surface area contributed by atoms with Crippen LogP contribution in [-0.2, 0) is 11.2 Å². The second kappa shape index (κ2) is 5.74. The van der Waals surface area contributed by atoms with Gasteiger partial charge in [0.1, 0.15) is 0 Å². The lowest BCUT2D eigenvalue weighted by atomic mass is 9.93. The Morgan fingerprint density at radius 3 is 2.58 bits per heavy atom. The summed E-state index contributed by atoms with van der Waals surface area (Å²) in [4.78, 5) is 14.3. The Morgan fingerprint density at radius 1 is 1.32 bits per heavy atom. The molecule has 0 aliphatic carbocycles. The van der Waals surface area contributed by atoms with Crippen LogP contribution in [0.5, 0.6) is 0 Å². The summed E-state index contributed by atoms with van der Waals surface area (Å²) >= 11 is 0. The van der Waals surface area contributed by atoms with Crippen molar-refractivity contribution in [3.05, 3.63) is 35.9 Å². The van der Waals surface area contributed by atoms with Crippen LogP contribution in [0.2, 0.25) is 0 Å². The van der Waals surface area contributed by atoms with Gasteiger partial charge in [-0.05, 0) is 45.7 Å². The SMILES string of the molecule is CNC1CCN(C(C)(C)CCc2ccccc2)C1=O. The molecule has 1 amide bonds. The topological polar surface area (TPSA) is 32.3 Å². The monoisotopic (exact) mass is 260 g/mol. The molecule has 0 spiro atoms. The zero-order valence-electron chi connectivity index (χ0n) is 12.1. The number of carbonyl (C=O) groups is 1. The van der Waals surface area contributed by atoms with Crippen molar-refractivity contribution in [2.24, 2.45) is 0 Å². The molecule has 1 aliphatic heterocycles. The second-order valence-electron chi connectivity index (χ2n) is 5.92. The van der Waals surface area contributed by atoms with Crippen LogP contribution in [-0.4, -0.2) is 36.0 Å². The Labute approximate surface area is 116 Å². The number of rotatable bonds is 5. The van der Waals surface area contributed by atoms with E-state index < -0.39 is 0 Å². The van der Waals surface area contributed by atoms with Crippen molar-refractivity contribution in [3.8, 4) is 0 Å². The molecule has 3 heteroatoms. The van der Waals surface area contributed by atoms with E-state index in [0.29, 0.717) is 0 Å². The second-order valence-corrected chi connectivity index (χ2v) is 5.92. The van der Waals surface area contributed by atoms with E-state index in [4.69, 9.17) is 0 Å². The van der Waals surface area contributed by atoms with Crippen molar-refractivity contribution in [1.29, 1.82) is 0 Å². The zero-order valence-corrected chi connectivity index (χ0v) is 12.1. The summed E-state index contributed by atoms with van der Waals surface area (Å²) < 4.78 is 0. The maximum Gasteiger partial charge on any atom is 0.240 e. The Morgan fingerprint density at radius 2 is 2.00 bits per heavy atom. The molecule has 104 valence electrons. The average Bonchev–Trinajstić information content (AvgIpc) is 2.79. The van der Waals surface area contributed by atoms with Gasteiger partial charge in [-0.3, -0.25) is 4.79 Å². The zero-order chi connectivity index (χ0) is 13.9. The minimum absolute atomic E-state index is 0.0102. The molecule has 0 radical (unpaired) electrons. The van der Waals surface area contributed by atoms with Crippen LogP contribution >= 0.6 is 0 Å². The predicted octanol–water partition coefficient (Wildman–Crippen LogP) is 2.22. The Hall–Kier alpha value is -1.35. The van der Waals surface area contributed by atoms with Gasteiger partial charge in [-0.15, -0.1) is 0 Å². The molecule has 1 aromatic carbocycles. The summed E-state index contributed by atoms with van der Waals surface area (Å²) in [6.07, 6.45) is 2.94. The van der Waals surface area contributed by atoms with E-state index in [1.165, 1.54) is 5.56 Å². The van der Waals surface area contributed by atoms with Crippen molar-refractivity contribution < 1.29 is 4.79 Å². The Bertz CT molecular complexity index is 428. The number of aryl methyl sites for hydroxylation is 1. The molecule has 1 aliphatic rings. The van der Waals surface area contributed by atoms with E-state index in [-0.39, 0.29) is 17.5 Å². The highest BCUT2D eigenvalue weighted by Crippen LogP contribution is 2.26. The lowest BCUT2D eigenvalue weighted by Gasteiger charge is -2.36. The van der Waals surface area contributed by atoms with Gasteiger partial charge in [0.2, 0.25) is 5.91 Å². The van der Waals surface area contributed by atoms with Crippen molar-refractivity contribution in [3.63, 3.8) is 0 Å². The molecule has 1 heterocycles. The van der Waals surface area contributed by atoms with E-state index in [0.717, 1.165) is 25.8 Å². The first kappa shape index (κ1) is 14.1. The van der Waals surface area contributed by atoms with Crippen LogP contribution < -0.4 is 5.32 Å². The Kier molecular flexibility index (Phi) is 4.25. The first-order chi connectivity index (χ1) is 9.04. The normalized spacial score (nSPS) is 20.1. The maximum absolute atomic E-state index is 12.3. The molecule has 1 N–H and O–H groups in total. The van der Waals surface area contributed by atoms with E-state index in [1.807, 2.05) is 18.0 Å². The van der Waals surface area contributed by atoms with Crippen LogP contribution in [0, 0.1) is 0 Å². The van der Waals surface area contributed by atoms with Gasteiger partial charge in [0.05, 0.1) is 6.04 Å². The van der Waals surface area contributed by atoms with Gasteiger partial charge >= 0.3 is 0 Å². The first-order valence-electron chi connectivity index (χ1n) is 7.07. The number of nitrogens with zero attached hydrogens (tertiary/aromatic N) is 1. The number of likely N-dealkylation sites (N-methyl/N-ethyl adjacent to an activating group) is 1. The summed E-state index contributed by atoms with van der Waals surface area (Å²) in [6, 6.07) is 10.5. The number of amides is 1. The summed E-state index contributed by atoms with van der Waals surface area (Å²) in [5, 5.41) is 3.10. The number of likely N-dealkylation sites (tertiary alicyclic amines) is 1. The third-order valence-electron chi connectivity index (χ3n) is 4.15. The van der Waals surface area contributed by atoms with Gasteiger partial charge in [-0.25, -0.2) is 0 Å². The number of carbonyl (C=O) groups excluding carboxylic acids is 1. The minimum Gasteiger partial charge on any atom is -0.336 e. The molecule has 1 atom stereocenters. The maximum atomic E-state index is 12.3. The van der Waals surface area contributed by atoms with Gasteiger partial charge < -0.3 is 10.2 Å². The van der Waals surface area contributed by atoms with Crippen LogP contribution in [0.4, 0.5) is 0 Å². The first-order valence-corrected chi connectivity index (χ1v) is 7.07. The smallest absolute Gasteiger partial charge is 0.240 e. The third-order valence-corrected chi connectivity index (χ3v) is 4.15. The Balaban J connectivity index is 1.97. The van der Waals surface area contributed by atoms with Crippen LogP contribution in [0.3, 0.4) is 0 Å². The lowest BCUT2D eigenvalue weighted by Crippen LogP contribution is -2.48. The molecular formula is C16H24N2O. The molecule has 19 heavy (non-hydrogen) atoms. The summed E-state index contributed by atoms with van der Waals surface area (Å²) in [5.74, 6) is 0.251. The number of benzene rings is 1. The molecule has 1 fully saturated rings. The van der Waals surface area contributed by atoms with E-state index >= 15 is 0 Å². The van der Waals surface area contributed by atoms with Crippen LogP contribution in [0.25, 0.3) is 0 Å². The number of nitrogens with one attached hydrogen (secondary N) is 1. The van der Waals surface area contributed by atoms with Gasteiger partial charge in [-0.1, -0.05) is 30.3 Å². The van der Waals surface area contributed by atoms with Crippen molar-refractivity contribution in [2.45, 2.75) is 44.7 Å². The highest BCUT2D eigenvalue weighted by Gasteiger charge is 2.38. The molecule has 1 saturated heterocycles. The molecule has 1 unspecified atom stereocenters. The molecule has 0 bridgehead atoms. The standard InChI is InChI=1S/C16H24N2O/c1-16(2,11-9-13-7-5-4-6-8-13)18-12-10-14(17-3)15(18)19/h4-8,14,17H,9-12H2,1-3H3. The minimum atomic E-state index is -0.0709. The largest absolute Gasteiger partial charge is 0.336 e. The highest BCUT2D eigenvalue weighted by molar-refractivity contribution is 5.84. The number of hydrogen-bond acceptors (Lipinski definition) is 2. The fourth-order valence-corrected chi connectivity index (χ4v) is 2.78. The number of hydrogen-bond donors (Lipinski definition) is 1. The van der Waals surface area contributed by atoms with Crippen molar-refractivity contribution in [2.75, 3.05) is 13.6 Å². The molecule has 1 aromatic rings. The fraction of sp³-hybridized carbons (Fsp3) is 0.562. The van der Waals surface area contributed by atoms with Crippen LogP contribution in [0.1, 0.15) is 32.3 Å². The molecule has 2 rings (SSSR count). The summed E-state index contributed by atoms with van der Waals surface area (Å²) in [6.45, 7) is 5.21. The summed E-state index contributed by atoms with van der Waals surface area (Å²) in [5.41, 5.74) is 1.27. The van der Waals surface area contributed by atoms with Crippen LogP contribution in [0.15, 0.2) is 30.3 Å². The van der Waals surface area contributed by atoms with Crippen molar-refractivity contribution >= 4 is 5.91 Å². The average molecular weight is 260 g/mol. The molecule has 0 aromatic heterocycles. The fourth-order valence-electron chi connectivity index (χ4n) is 2.78. The van der Waals surface area contributed by atoms with Gasteiger partial charge in [0, 0.05) is 12.1 Å². The van der Waals surface area contributed by atoms with E-state index in [1.54, 1.807) is 0 Å². The molecular weight excluding hydrogens is 236 g/mol. The van der Waals surface area contributed by atoms with Gasteiger partial charge in [-0.2, -0.15) is 0 Å². The summed E-state index contributed by atoms with van der Waals surface area (Å²) in [7, 11) is 1.86. The van der Waals surface area contributed by atoms with E-state index in [2.05, 4.69) is 43.4 Å². The van der Waals surface area contributed by atoms with Crippen molar-refractivity contribution in [1.82, 2.24) is 10.2 Å². The van der Waals surface area contributed by atoms with E-state index in [9.17, 15) is 4.79 Å². The predicted molar refractivity (Wildman–Crippen MR) is 78.0 cm³/mol. The third kappa shape index (κ3) is 3.16. The van der Waals surface area contributed by atoms with Gasteiger partial charge in [0.15, 0.2) is 0 Å². The molecule has 3 nitrogen and oxygen atoms in total. The highest BCUT2D eigenvalue weighted by atomic mass is 16.2. The lowest BCUT2D eigenvalue weighted by molar-refractivity contribution is -0.134. The quantitative estimate of drug-likeness (QED) is 0.880.